The number of phenols is 1. The van der Waals surface area contributed by atoms with Crippen molar-refractivity contribution in [2.75, 3.05) is 7.11 Å². The minimum atomic E-state index is -0.467. The van der Waals surface area contributed by atoms with E-state index in [0.717, 1.165) is 5.56 Å². The largest absolute Gasteiger partial charge is 0.508 e. The van der Waals surface area contributed by atoms with Crippen LogP contribution in [0.5, 0.6) is 11.5 Å². The number of rotatable bonds is 4. The number of hydrogen-bond donors (Lipinski definition) is 4. The average Bonchev–Trinajstić information content (AvgIpc) is 2.65. The Labute approximate surface area is 155 Å². The van der Waals surface area contributed by atoms with Crippen molar-refractivity contribution >= 4 is 35.2 Å². The van der Waals surface area contributed by atoms with E-state index >= 15 is 0 Å². The van der Waals surface area contributed by atoms with Gasteiger partial charge in [0, 0.05) is 17.2 Å². The topological polar surface area (TPSA) is 99.7 Å². The Morgan fingerprint density at radius 2 is 1.77 bits per heavy atom. The molecule has 26 heavy (non-hydrogen) atoms. The average molecular weight is 371 g/mol. The first-order chi connectivity index (χ1) is 12.5. The van der Waals surface area contributed by atoms with Crippen molar-refractivity contribution < 1.29 is 19.4 Å². The van der Waals surface area contributed by atoms with Gasteiger partial charge in [-0.1, -0.05) is 18.2 Å². The molecular formula is C18H17N3O4S. The number of para-hydroxylation sites is 1. The highest BCUT2D eigenvalue weighted by Crippen LogP contribution is 2.18. The molecule has 2 rings (SSSR count). The number of aromatic hydroxyl groups is 1. The quantitative estimate of drug-likeness (QED) is 0.371. The number of thiocarbonyl (C=S) groups is 1. The molecule has 0 aliphatic rings. The lowest BCUT2D eigenvalue weighted by Crippen LogP contribution is -2.48. The molecule has 2 aromatic rings. The summed E-state index contributed by atoms with van der Waals surface area (Å²) in [7, 11) is 1.54. The second-order valence-corrected chi connectivity index (χ2v) is 5.43. The zero-order valence-corrected chi connectivity index (χ0v) is 14.7. The zero-order valence-electron chi connectivity index (χ0n) is 13.9. The van der Waals surface area contributed by atoms with E-state index in [1.807, 2.05) is 12.1 Å². The molecule has 0 bridgehead atoms. The van der Waals surface area contributed by atoms with Gasteiger partial charge < -0.3 is 9.84 Å². The number of phenolic OH excluding ortho intramolecular Hbond substituents is 1. The van der Waals surface area contributed by atoms with E-state index in [-0.39, 0.29) is 10.9 Å². The Hall–Kier alpha value is -3.39. The van der Waals surface area contributed by atoms with E-state index in [1.165, 1.54) is 30.3 Å². The number of nitrogens with one attached hydrogen (secondary N) is 3. The number of methoxy groups -OCH3 is 1. The van der Waals surface area contributed by atoms with Crippen LogP contribution in [0.25, 0.3) is 6.08 Å². The highest BCUT2D eigenvalue weighted by molar-refractivity contribution is 7.80. The number of amides is 2. The van der Waals surface area contributed by atoms with E-state index in [2.05, 4.69) is 16.2 Å². The Kier molecular flexibility index (Phi) is 6.69. The van der Waals surface area contributed by atoms with Gasteiger partial charge in [0.2, 0.25) is 5.91 Å². The third-order valence-corrected chi connectivity index (χ3v) is 3.41. The van der Waals surface area contributed by atoms with Crippen molar-refractivity contribution in [2.45, 2.75) is 0 Å². The third-order valence-electron chi connectivity index (χ3n) is 3.21. The standard InChI is InChI=1S/C18H17N3O4S/c1-25-15-5-3-2-4-12(15)8-11-16(23)19-18(26)21-20-17(24)13-6-9-14(22)10-7-13/h2-11,22H,1H3,(H,20,24)(H2,19,21,23,26)/b11-8+. The number of carbonyl (C=O) groups is 2. The van der Waals surface area contributed by atoms with Crippen LogP contribution in [0.4, 0.5) is 0 Å². The summed E-state index contributed by atoms with van der Waals surface area (Å²) in [5, 5.41) is 11.5. The van der Waals surface area contributed by atoms with Crippen LogP contribution in [0.15, 0.2) is 54.6 Å². The molecule has 0 fully saturated rings. The summed E-state index contributed by atoms with van der Waals surface area (Å²) < 4.78 is 5.19. The Bertz CT molecular complexity index is 835. The predicted octanol–water partition coefficient (Wildman–Crippen LogP) is 1.75. The van der Waals surface area contributed by atoms with Gasteiger partial charge in [0.15, 0.2) is 5.11 Å². The minimum absolute atomic E-state index is 0.0547. The molecule has 0 aromatic heterocycles. The second kappa shape index (κ2) is 9.19. The van der Waals surface area contributed by atoms with Crippen LogP contribution in [0.3, 0.4) is 0 Å². The molecule has 0 aliphatic heterocycles. The Morgan fingerprint density at radius 1 is 1.08 bits per heavy atom. The van der Waals surface area contributed by atoms with Crippen LogP contribution in [0.1, 0.15) is 15.9 Å². The van der Waals surface area contributed by atoms with Gasteiger partial charge in [0.1, 0.15) is 11.5 Å². The minimum Gasteiger partial charge on any atom is -0.508 e. The number of ether oxygens (including phenoxy) is 1. The summed E-state index contributed by atoms with van der Waals surface area (Å²) in [5.41, 5.74) is 5.83. The molecule has 2 aromatic carbocycles. The van der Waals surface area contributed by atoms with Gasteiger partial charge in [-0.3, -0.25) is 25.8 Å². The van der Waals surface area contributed by atoms with Gasteiger partial charge in [-0.2, -0.15) is 0 Å². The Morgan fingerprint density at radius 3 is 2.46 bits per heavy atom. The maximum atomic E-state index is 11.9. The van der Waals surface area contributed by atoms with E-state index in [9.17, 15) is 14.7 Å². The van der Waals surface area contributed by atoms with Gasteiger partial charge in [-0.15, -0.1) is 0 Å². The molecule has 0 spiro atoms. The highest BCUT2D eigenvalue weighted by atomic mass is 32.1. The number of benzene rings is 2. The summed E-state index contributed by atoms with van der Waals surface area (Å²) in [6, 6.07) is 12.9. The van der Waals surface area contributed by atoms with Crippen LogP contribution >= 0.6 is 12.2 Å². The summed E-state index contributed by atoms with van der Waals surface area (Å²) in [6.07, 6.45) is 2.89. The van der Waals surface area contributed by atoms with Gasteiger partial charge in [0.25, 0.3) is 5.91 Å². The lowest BCUT2D eigenvalue weighted by molar-refractivity contribution is -0.115. The van der Waals surface area contributed by atoms with Crippen LogP contribution in [0.2, 0.25) is 0 Å². The first-order valence-electron chi connectivity index (χ1n) is 7.51. The van der Waals surface area contributed by atoms with Gasteiger partial charge in [-0.25, -0.2) is 0 Å². The zero-order chi connectivity index (χ0) is 18.9. The lowest BCUT2D eigenvalue weighted by atomic mass is 10.2. The summed E-state index contributed by atoms with van der Waals surface area (Å²) in [5.74, 6) is -0.240. The van der Waals surface area contributed by atoms with Gasteiger partial charge >= 0.3 is 0 Å². The maximum absolute atomic E-state index is 11.9. The van der Waals surface area contributed by atoms with Crippen molar-refractivity contribution in [3.8, 4) is 11.5 Å². The normalized spacial score (nSPS) is 10.2. The molecule has 0 atom stereocenters. The first-order valence-corrected chi connectivity index (χ1v) is 7.92. The van der Waals surface area contributed by atoms with Gasteiger partial charge in [-0.05, 0) is 48.6 Å². The SMILES string of the molecule is COc1ccccc1/C=C/C(=O)NC(=S)NNC(=O)c1ccc(O)cc1. The molecule has 0 saturated heterocycles. The summed E-state index contributed by atoms with van der Waals surface area (Å²) >= 11 is 4.94. The molecule has 8 heteroatoms. The van der Waals surface area contributed by atoms with Crippen LogP contribution < -0.4 is 20.9 Å². The number of hydrogen-bond acceptors (Lipinski definition) is 5. The Balaban J connectivity index is 1.83. The van der Waals surface area contributed by atoms with Crippen molar-refractivity contribution in [2.24, 2.45) is 0 Å². The van der Waals surface area contributed by atoms with Crippen LogP contribution in [-0.2, 0) is 4.79 Å². The molecule has 7 nitrogen and oxygen atoms in total. The molecule has 4 N–H and O–H groups in total. The second-order valence-electron chi connectivity index (χ2n) is 5.02. The fourth-order valence-electron chi connectivity index (χ4n) is 1.95. The molecule has 0 unspecified atom stereocenters. The molecular weight excluding hydrogens is 354 g/mol. The molecule has 0 aliphatic carbocycles. The van der Waals surface area contributed by atoms with Crippen molar-refractivity contribution in [3.05, 3.63) is 65.7 Å². The maximum Gasteiger partial charge on any atom is 0.269 e. The number of carbonyl (C=O) groups excluding carboxylic acids is 2. The van der Waals surface area contributed by atoms with E-state index in [0.29, 0.717) is 11.3 Å². The van der Waals surface area contributed by atoms with Crippen molar-refractivity contribution in [1.29, 1.82) is 0 Å². The fourth-order valence-corrected chi connectivity index (χ4v) is 2.10. The highest BCUT2D eigenvalue weighted by Gasteiger charge is 2.07. The summed E-state index contributed by atoms with van der Waals surface area (Å²) in [4.78, 5) is 23.7. The molecule has 0 saturated carbocycles. The molecule has 0 radical (unpaired) electrons. The monoisotopic (exact) mass is 371 g/mol. The number of hydrazine groups is 1. The fraction of sp³-hybridized carbons (Fsp3) is 0.0556. The first kappa shape index (κ1) is 18.9. The van der Waals surface area contributed by atoms with E-state index in [1.54, 1.807) is 25.3 Å². The smallest absolute Gasteiger partial charge is 0.269 e. The third kappa shape index (κ3) is 5.60. The van der Waals surface area contributed by atoms with Gasteiger partial charge in [0.05, 0.1) is 7.11 Å². The summed E-state index contributed by atoms with van der Waals surface area (Å²) in [6.45, 7) is 0. The molecule has 134 valence electrons. The molecule has 0 heterocycles. The van der Waals surface area contributed by atoms with Crippen molar-refractivity contribution in [1.82, 2.24) is 16.2 Å². The van der Waals surface area contributed by atoms with E-state index in [4.69, 9.17) is 17.0 Å². The molecule has 2 amide bonds. The van der Waals surface area contributed by atoms with Crippen LogP contribution in [-0.4, -0.2) is 29.1 Å². The van der Waals surface area contributed by atoms with Crippen LogP contribution in [0, 0.1) is 0 Å². The van der Waals surface area contributed by atoms with Crippen molar-refractivity contribution in [3.63, 3.8) is 0 Å². The van der Waals surface area contributed by atoms with E-state index < -0.39 is 11.8 Å². The lowest BCUT2D eigenvalue weighted by Gasteiger charge is -2.09. The predicted molar refractivity (Wildman–Crippen MR) is 101 cm³/mol.